The van der Waals surface area contributed by atoms with E-state index in [1.165, 1.54) is 38.5 Å². The molecule has 2 aliphatic carbocycles. The third-order valence-corrected chi connectivity index (χ3v) is 7.28. The second kappa shape index (κ2) is 8.82. The molecule has 1 aromatic rings. The average molecular weight is 402 g/mol. The summed E-state index contributed by atoms with van der Waals surface area (Å²) in [6.45, 7) is 2.07. The first kappa shape index (κ1) is 20.3. The molecular weight excluding hydrogens is 366 g/mol. The van der Waals surface area contributed by atoms with Crippen LogP contribution in [0.4, 0.5) is 5.69 Å². The molecule has 0 unspecified atom stereocenters. The van der Waals surface area contributed by atoms with Crippen LogP contribution in [0.5, 0.6) is 11.5 Å². The number of amides is 1. The molecule has 0 aromatic heterocycles. The van der Waals surface area contributed by atoms with Crippen molar-refractivity contribution in [2.24, 2.45) is 11.8 Å². The number of methoxy groups -OCH3 is 2. The summed E-state index contributed by atoms with van der Waals surface area (Å²) in [6, 6.07) is 4.52. The molecule has 2 bridgehead atoms. The van der Waals surface area contributed by atoms with Gasteiger partial charge in [0.15, 0.2) is 0 Å². The van der Waals surface area contributed by atoms with Gasteiger partial charge >= 0.3 is 0 Å². The van der Waals surface area contributed by atoms with Crippen molar-refractivity contribution in [3.05, 3.63) is 17.7 Å². The van der Waals surface area contributed by atoms with Gasteiger partial charge in [-0.3, -0.25) is 9.69 Å². The first-order chi connectivity index (χ1) is 14.1. The maximum absolute atomic E-state index is 13.0. The van der Waals surface area contributed by atoms with E-state index in [1.807, 2.05) is 13.1 Å². The van der Waals surface area contributed by atoms with Crippen molar-refractivity contribution >= 4 is 11.6 Å². The molecule has 2 N–H and O–H groups in total. The van der Waals surface area contributed by atoms with Crippen molar-refractivity contribution in [1.82, 2.24) is 10.2 Å². The predicted octanol–water partition coefficient (Wildman–Crippen LogP) is 3.52. The van der Waals surface area contributed by atoms with Crippen LogP contribution in [0, 0.1) is 11.8 Å². The zero-order chi connectivity index (χ0) is 20.4. The van der Waals surface area contributed by atoms with Crippen LogP contribution in [0.3, 0.4) is 0 Å². The first-order valence-electron chi connectivity index (χ1n) is 11.1. The molecule has 4 rings (SSSR count). The van der Waals surface area contributed by atoms with Gasteiger partial charge in [0, 0.05) is 38.3 Å². The lowest BCUT2D eigenvalue weighted by atomic mass is 9.68. The molecule has 1 aromatic carbocycles. The van der Waals surface area contributed by atoms with E-state index >= 15 is 0 Å². The van der Waals surface area contributed by atoms with Gasteiger partial charge in [-0.05, 0) is 50.0 Å². The highest BCUT2D eigenvalue weighted by molar-refractivity contribution is 5.98. The largest absolute Gasteiger partial charge is 0.496 e. The fourth-order valence-electron chi connectivity index (χ4n) is 5.95. The van der Waals surface area contributed by atoms with E-state index in [1.54, 1.807) is 20.3 Å². The molecule has 29 heavy (non-hydrogen) atoms. The number of carbonyl (C=O) groups excluding carboxylic acids is 1. The molecule has 160 valence electrons. The summed E-state index contributed by atoms with van der Waals surface area (Å²) in [5.41, 5.74) is 1.33. The molecule has 1 atom stereocenters. The van der Waals surface area contributed by atoms with E-state index in [0.29, 0.717) is 17.1 Å². The Hall–Kier alpha value is -1.95. The topological polar surface area (TPSA) is 62.8 Å². The van der Waals surface area contributed by atoms with Gasteiger partial charge in [0.25, 0.3) is 5.91 Å². The van der Waals surface area contributed by atoms with Crippen LogP contribution >= 0.6 is 0 Å². The van der Waals surface area contributed by atoms with Crippen LogP contribution in [0.1, 0.15) is 55.3 Å². The molecule has 1 heterocycles. The average Bonchev–Trinajstić information content (AvgIpc) is 3.20. The normalized spacial score (nSPS) is 29.3. The first-order valence-corrected chi connectivity index (χ1v) is 11.1. The molecule has 2 saturated carbocycles. The summed E-state index contributed by atoms with van der Waals surface area (Å²) in [6.07, 6.45) is 9.42. The predicted molar refractivity (Wildman–Crippen MR) is 115 cm³/mol. The maximum atomic E-state index is 13.0. The van der Waals surface area contributed by atoms with E-state index in [9.17, 15) is 4.79 Å². The maximum Gasteiger partial charge on any atom is 0.255 e. The number of benzene rings is 1. The van der Waals surface area contributed by atoms with Gasteiger partial charge in [-0.2, -0.15) is 0 Å². The van der Waals surface area contributed by atoms with Gasteiger partial charge in [-0.1, -0.05) is 12.8 Å². The Morgan fingerprint density at radius 1 is 1.00 bits per heavy atom. The van der Waals surface area contributed by atoms with Crippen molar-refractivity contribution in [2.45, 2.75) is 57.0 Å². The Balaban J connectivity index is 1.43. The van der Waals surface area contributed by atoms with Crippen LogP contribution < -0.4 is 20.1 Å². The fourth-order valence-corrected chi connectivity index (χ4v) is 5.95. The second-order valence-electron chi connectivity index (χ2n) is 8.83. The number of hydrogen-bond acceptors (Lipinski definition) is 5. The highest BCUT2D eigenvalue weighted by Crippen LogP contribution is 2.43. The van der Waals surface area contributed by atoms with Crippen LogP contribution in [-0.4, -0.2) is 57.2 Å². The van der Waals surface area contributed by atoms with E-state index in [4.69, 9.17) is 9.47 Å². The summed E-state index contributed by atoms with van der Waals surface area (Å²) < 4.78 is 10.8. The van der Waals surface area contributed by atoms with Gasteiger partial charge in [0.1, 0.15) is 11.5 Å². The SMILES string of the molecule is CNc1cc(C(=O)N[C@H]2CCN(C3C4CCCC3CCC4)C2)c(OC)cc1OC. The molecule has 6 heteroatoms. The monoisotopic (exact) mass is 401 g/mol. The number of nitrogens with one attached hydrogen (secondary N) is 2. The summed E-state index contributed by atoms with van der Waals surface area (Å²) in [5.74, 6) is 2.87. The number of ether oxygens (including phenoxy) is 2. The Morgan fingerprint density at radius 2 is 1.66 bits per heavy atom. The zero-order valence-corrected chi connectivity index (χ0v) is 18.0. The lowest BCUT2D eigenvalue weighted by Gasteiger charge is -2.47. The Kier molecular flexibility index (Phi) is 6.18. The van der Waals surface area contributed by atoms with Gasteiger partial charge in [-0.25, -0.2) is 0 Å². The van der Waals surface area contributed by atoms with Crippen molar-refractivity contribution in [3.8, 4) is 11.5 Å². The second-order valence-corrected chi connectivity index (χ2v) is 8.83. The molecule has 0 radical (unpaired) electrons. The third-order valence-electron chi connectivity index (χ3n) is 7.28. The molecule has 1 aliphatic heterocycles. The van der Waals surface area contributed by atoms with Gasteiger partial charge < -0.3 is 20.1 Å². The summed E-state index contributed by atoms with van der Waals surface area (Å²) in [5, 5.41) is 6.35. The van der Waals surface area contributed by atoms with Crippen molar-refractivity contribution < 1.29 is 14.3 Å². The van der Waals surface area contributed by atoms with Crippen LogP contribution in [0.2, 0.25) is 0 Å². The number of fused-ring (bicyclic) bond motifs is 2. The highest BCUT2D eigenvalue weighted by Gasteiger charge is 2.42. The molecule has 1 amide bonds. The summed E-state index contributed by atoms with van der Waals surface area (Å²) in [7, 11) is 5.02. The minimum atomic E-state index is -0.0725. The molecular formula is C23H35N3O3. The van der Waals surface area contributed by atoms with Crippen molar-refractivity contribution in [1.29, 1.82) is 0 Å². The molecule has 1 saturated heterocycles. The van der Waals surface area contributed by atoms with Crippen LogP contribution in [0.15, 0.2) is 12.1 Å². The lowest BCUT2D eigenvalue weighted by Crippen LogP contribution is -2.50. The minimum absolute atomic E-state index is 0.0725. The Bertz CT molecular complexity index is 716. The quantitative estimate of drug-likeness (QED) is 0.764. The Morgan fingerprint density at radius 3 is 2.24 bits per heavy atom. The van der Waals surface area contributed by atoms with Gasteiger partial charge in [0.05, 0.1) is 25.5 Å². The zero-order valence-electron chi connectivity index (χ0n) is 18.0. The molecule has 6 nitrogen and oxygen atoms in total. The number of carbonyl (C=O) groups is 1. The Labute approximate surface area is 174 Å². The summed E-state index contributed by atoms with van der Waals surface area (Å²) in [4.78, 5) is 15.7. The highest BCUT2D eigenvalue weighted by atomic mass is 16.5. The van der Waals surface area contributed by atoms with Crippen LogP contribution in [0.25, 0.3) is 0 Å². The number of rotatable bonds is 6. The smallest absolute Gasteiger partial charge is 0.255 e. The van der Waals surface area contributed by atoms with E-state index in [-0.39, 0.29) is 11.9 Å². The molecule has 3 aliphatic rings. The number of likely N-dealkylation sites (tertiary alicyclic amines) is 1. The molecule has 0 spiro atoms. The lowest BCUT2D eigenvalue weighted by molar-refractivity contribution is 0.0346. The van der Waals surface area contributed by atoms with Gasteiger partial charge in [0.2, 0.25) is 0 Å². The van der Waals surface area contributed by atoms with Crippen molar-refractivity contribution in [2.75, 3.05) is 39.7 Å². The van der Waals surface area contributed by atoms with E-state index in [2.05, 4.69) is 15.5 Å². The standard InChI is InChI=1S/C23H35N3O3/c1-24-19-12-18(20(28-2)13-21(19)29-3)23(27)25-17-10-11-26(14-17)22-15-6-4-7-16(22)9-5-8-15/h12-13,15-17,22,24H,4-11,14H2,1-3H3,(H,25,27)/t15?,16?,17-,22?/m0/s1. The summed E-state index contributed by atoms with van der Waals surface area (Å²) >= 11 is 0. The number of hydrogen-bond donors (Lipinski definition) is 2. The van der Waals surface area contributed by atoms with E-state index in [0.717, 1.165) is 43.1 Å². The van der Waals surface area contributed by atoms with Gasteiger partial charge in [-0.15, -0.1) is 0 Å². The van der Waals surface area contributed by atoms with Crippen molar-refractivity contribution in [3.63, 3.8) is 0 Å². The minimum Gasteiger partial charge on any atom is -0.496 e. The van der Waals surface area contributed by atoms with E-state index < -0.39 is 0 Å². The third kappa shape index (κ3) is 4.04. The number of anilines is 1. The fraction of sp³-hybridized carbons (Fsp3) is 0.696. The molecule has 3 fully saturated rings. The van der Waals surface area contributed by atoms with Crippen LogP contribution in [-0.2, 0) is 0 Å². The number of nitrogens with zero attached hydrogens (tertiary/aromatic N) is 1.